The van der Waals surface area contributed by atoms with E-state index in [1.165, 1.54) is 6.26 Å². The fourth-order valence-corrected chi connectivity index (χ4v) is 7.27. The number of imidazole rings is 1. The molecule has 1 N–H and O–H groups in total. The van der Waals surface area contributed by atoms with Crippen molar-refractivity contribution in [2.45, 2.75) is 11.3 Å². The number of carbonyl (C=O) groups is 1. The number of nitrogens with zero attached hydrogens (tertiary/aromatic N) is 3. The van der Waals surface area contributed by atoms with Crippen molar-refractivity contribution in [2.24, 2.45) is 0 Å². The van der Waals surface area contributed by atoms with Gasteiger partial charge >= 0.3 is 10.2 Å². The molecule has 1 aromatic heterocycles. The predicted octanol–water partition coefficient (Wildman–Crippen LogP) is 5.69. The molecular formula is C31H24Cl2N4O5S2. The Kier molecular flexibility index (Phi) is 7.75. The number of hydrogen-bond donors (Lipinski definition) is 1. The zero-order valence-corrected chi connectivity index (χ0v) is 26.3. The summed E-state index contributed by atoms with van der Waals surface area (Å²) in [6.45, 7) is -0.286. The summed E-state index contributed by atoms with van der Waals surface area (Å²) < 4.78 is 53.5. The molecule has 0 spiro atoms. The molecule has 6 rings (SSSR count). The van der Waals surface area contributed by atoms with Crippen LogP contribution in [0.3, 0.4) is 0 Å². The van der Waals surface area contributed by atoms with E-state index in [9.17, 15) is 21.6 Å². The Bertz CT molecular complexity index is 2130. The van der Waals surface area contributed by atoms with Gasteiger partial charge in [-0.2, -0.15) is 8.42 Å². The standard InChI is InChI=1S/C31H24Cl2N4O5S2/c1-43(39,40)26-4-2-3-22(16-26)21-7-5-20(6-8-21)15-30-34-29(27-14-9-23(32)17-28(27)33)18-36(30)24-10-12-25(13-11-24)37-19-31(38)35-44(37,41)42/h2-14,16-18H,15,19H2,1H3,(H,35,38). The molecule has 1 amide bonds. The Morgan fingerprint density at radius 1 is 0.886 bits per heavy atom. The molecule has 224 valence electrons. The molecule has 5 aromatic rings. The summed E-state index contributed by atoms with van der Waals surface area (Å²) in [5, 5.41) is 0.946. The molecule has 9 nitrogen and oxygen atoms in total. The molecule has 0 radical (unpaired) electrons. The molecule has 1 aliphatic heterocycles. The predicted molar refractivity (Wildman–Crippen MR) is 171 cm³/mol. The highest BCUT2D eigenvalue weighted by Crippen LogP contribution is 2.32. The number of sulfone groups is 1. The normalized spacial score (nSPS) is 14.5. The first-order chi connectivity index (χ1) is 20.9. The number of rotatable bonds is 7. The van der Waals surface area contributed by atoms with Crippen LogP contribution in [0.25, 0.3) is 28.1 Å². The van der Waals surface area contributed by atoms with Gasteiger partial charge < -0.3 is 4.57 Å². The first kappa shape index (κ1) is 29.9. The summed E-state index contributed by atoms with van der Waals surface area (Å²) >= 11 is 12.6. The molecular weight excluding hydrogens is 643 g/mol. The second kappa shape index (κ2) is 11.4. The van der Waals surface area contributed by atoms with Crippen LogP contribution in [0.15, 0.2) is 102 Å². The van der Waals surface area contributed by atoms with E-state index in [4.69, 9.17) is 28.2 Å². The van der Waals surface area contributed by atoms with Crippen molar-refractivity contribution in [2.75, 3.05) is 17.1 Å². The SMILES string of the molecule is CS(=O)(=O)c1cccc(-c2ccc(Cc3nc(-c4ccc(Cl)cc4Cl)cn3-c3ccc(N4CC(=O)NS4(=O)=O)cc3)cc2)c1. The number of benzene rings is 4. The van der Waals surface area contributed by atoms with Crippen LogP contribution in [0, 0.1) is 0 Å². The van der Waals surface area contributed by atoms with Gasteiger partial charge in [0.15, 0.2) is 9.84 Å². The number of aromatic nitrogens is 2. The van der Waals surface area contributed by atoms with Gasteiger partial charge in [-0.25, -0.2) is 22.4 Å². The van der Waals surface area contributed by atoms with E-state index in [1.54, 1.807) is 60.7 Å². The fourth-order valence-electron chi connectivity index (χ4n) is 4.95. The van der Waals surface area contributed by atoms with E-state index in [0.717, 1.165) is 26.7 Å². The topological polar surface area (TPSA) is 118 Å². The van der Waals surface area contributed by atoms with Crippen molar-refractivity contribution >= 4 is 54.8 Å². The summed E-state index contributed by atoms with van der Waals surface area (Å²) in [5.74, 6) is 0.0980. The lowest BCUT2D eigenvalue weighted by Gasteiger charge is -2.15. The number of amides is 1. The van der Waals surface area contributed by atoms with E-state index in [-0.39, 0.29) is 11.4 Å². The molecule has 2 heterocycles. The number of halogens is 2. The van der Waals surface area contributed by atoms with Gasteiger partial charge in [-0.15, -0.1) is 0 Å². The number of anilines is 1. The molecule has 0 unspecified atom stereocenters. The summed E-state index contributed by atoms with van der Waals surface area (Å²) in [5.41, 5.74) is 5.01. The van der Waals surface area contributed by atoms with Crippen LogP contribution >= 0.6 is 23.2 Å². The second-order valence-electron chi connectivity index (χ2n) is 10.3. The van der Waals surface area contributed by atoms with Gasteiger partial charge in [0.25, 0.3) is 5.91 Å². The zero-order chi connectivity index (χ0) is 31.2. The van der Waals surface area contributed by atoms with Gasteiger partial charge in [-0.3, -0.25) is 4.79 Å². The monoisotopic (exact) mass is 666 g/mol. The average molecular weight is 668 g/mol. The average Bonchev–Trinajstić information content (AvgIpc) is 3.51. The maximum atomic E-state index is 12.3. The molecule has 0 saturated carbocycles. The van der Waals surface area contributed by atoms with E-state index < -0.39 is 26.0 Å². The van der Waals surface area contributed by atoms with E-state index in [2.05, 4.69) is 0 Å². The van der Waals surface area contributed by atoms with Crippen LogP contribution in [-0.4, -0.2) is 45.1 Å². The minimum absolute atomic E-state index is 0.255. The van der Waals surface area contributed by atoms with Gasteiger partial charge in [0.05, 0.1) is 21.3 Å². The van der Waals surface area contributed by atoms with Gasteiger partial charge in [0.1, 0.15) is 12.4 Å². The Hall–Kier alpha value is -4.16. The molecule has 0 aliphatic carbocycles. The molecule has 4 aromatic carbocycles. The van der Waals surface area contributed by atoms with E-state index >= 15 is 0 Å². The first-order valence-corrected chi connectivity index (χ1v) is 17.3. The largest absolute Gasteiger partial charge is 0.326 e. The van der Waals surface area contributed by atoms with Crippen LogP contribution in [0.2, 0.25) is 10.0 Å². The summed E-state index contributed by atoms with van der Waals surface area (Å²) in [6, 6.07) is 26.5. The highest BCUT2D eigenvalue weighted by Gasteiger charge is 2.33. The van der Waals surface area contributed by atoms with Crippen molar-refractivity contribution in [1.82, 2.24) is 14.3 Å². The molecule has 0 atom stereocenters. The minimum Gasteiger partial charge on any atom is -0.303 e. The van der Waals surface area contributed by atoms with E-state index in [0.29, 0.717) is 39.2 Å². The van der Waals surface area contributed by atoms with Gasteiger partial charge in [-0.1, -0.05) is 59.6 Å². The van der Waals surface area contributed by atoms with Crippen LogP contribution < -0.4 is 9.03 Å². The molecule has 13 heteroatoms. The fraction of sp³-hybridized carbons (Fsp3) is 0.0968. The van der Waals surface area contributed by atoms with Crippen LogP contribution in [0.4, 0.5) is 5.69 Å². The van der Waals surface area contributed by atoms with Gasteiger partial charge in [-0.05, 0) is 71.3 Å². The Labute approximate surface area is 264 Å². The van der Waals surface area contributed by atoms with Crippen molar-refractivity contribution < 1.29 is 21.6 Å². The minimum atomic E-state index is -3.93. The molecule has 0 bridgehead atoms. The summed E-state index contributed by atoms with van der Waals surface area (Å²) in [4.78, 5) is 16.9. The Morgan fingerprint density at radius 3 is 2.23 bits per heavy atom. The van der Waals surface area contributed by atoms with Gasteiger partial charge in [0, 0.05) is 35.1 Å². The van der Waals surface area contributed by atoms with Crippen LogP contribution in [0.5, 0.6) is 0 Å². The summed E-state index contributed by atoms with van der Waals surface area (Å²) in [7, 11) is -7.26. The third kappa shape index (κ3) is 6.09. The number of carbonyl (C=O) groups excluding carboxylic acids is 1. The molecule has 1 saturated heterocycles. The van der Waals surface area contributed by atoms with Crippen LogP contribution in [-0.2, 0) is 31.3 Å². The number of nitrogens with one attached hydrogen (secondary N) is 1. The first-order valence-electron chi connectivity index (χ1n) is 13.2. The summed E-state index contributed by atoms with van der Waals surface area (Å²) in [6.07, 6.45) is 3.47. The maximum Gasteiger partial charge on any atom is 0.326 e. The zero-order valence-electron chi connectivity index (χ0n) is 23.1. The Balaban J connectivity index is 1.35. The lowest BCUT2D eigenvalue weighted by molar-refractivity contribution is -0.117. The second-order valence-corrected chi connectivity index (χ2v) is 14.7. The molecule has 1 fully saturated rings. The van der Waals surface area contributed by atoms with Crippen molar-refractivity contribution in [3.8, 4) is 28.1 Å². The van der Waals surface area contributed by atoms with E-state index in [1.807, 2.05) is 45.8 Å². The van der Waals surface area contributed by atoms with Crippen molar-refractivity contribution in [3.05, 3.63) is 119 Å². The Morgan fingerprint density at radius 2 is 1.59 bits per heavy atom. The molecule has 1 aliphatic rings. The van der Waals surface area contributed by atoms with Gasteiger partial charge in [0.2, 0.25) is 0 Å². The third-order valence-corrected chi connectivity index (χ3v) is 10.2. The quantitative estimate of drug-likeness (QED) is 0.238. The third-order valence-electron chi connectivity index (χ3n) is 7.13. The lowest BCUT2D eigenvalue weighted by Crippen LogP contribution is -2.29. The highest BCUT2D eigenvalue weighted by atomic mass is 35.5. The van der Waals surface area contributed by atoms with Crippen LogP contribution in [0.1, 0.15) is 11.4 Å². The van der Waals surface area contributed by atoms with Crippen molar-refractivity contribution in [1.29, 1.82) is 0 Å². The lowest BCUT2D eigenvalue weighted by atomic mass is 10.0. The smallest absolute Gasteiger partial charge is 0.303 e. The highest BCUT2D eigenvalue weighted by molar-refractivity contribution is 7.92. The molecule has 44 heavy (non-hydrogen) atoms. The van der Waals surface area contributed by atoms with Crippen molar-refractivity contribution in [3.63, 3.8) is 0 Å². The maximum absolute atomic E-state index is 12.3. The number of hydrogen-bond acceptors (Lipinski definition) is 6.